The first-order chi connectivity index (χ1) is 10.7. The number of imidazole rings is 1. The summed E-state index contributed by atoms with van der Waals surface area (Å²) in [5.74, 6) is 0. The summed E-state index contributed by atoms with van der Waals surface area (Å²) in [5, 5.41) is 9.71. The van der Waals surface area contributed by atoms with E-state index in [4.69, 9.17) is 9.31 Å². The third kappa shape index (κ3) is 2.87. The Labute approximate surface area is 134 Å². The zero-order valence-corrected chi connectivity index (χ0v) is 13.8. The van der Waals surface area contributed by atoms with E-state index in [9.17, 15) is 9.90 Å². The molecule has 0 bridgehead atoms. The third-order valence-electron chi connectivity index (χ3n) is 4.63. The number of H-pyrrole nitrogens is 2. The predicted molar refractivity (Wildman–Crippen MR) is 90.1 cm³/mol. The normalized spacial score (nSPS) is 20.4. The number of rotatable bonds is 3. The van der Waals surface area contributed by atoms with E-state index in [1.807, 2.05) is 52.0 Å². The number of benzene rings is 1. The van der Waals surface area contributed by atoms with Gasteiger partial charge in [-0.1, -0.05) is 12.1 Å². The zero-order chi connectivity index (χ0) is 16.8. The summed E-state index contributed by atoms with van der Waals surface area (Å²) in [6.45, 7) is 7.72. The Morgan fingerprint density at radius 3 is 2.39 bits per heavy atom. The van der Waals surface area contributed by atoms with Crippen molar-refractivity contribution in [2.24, 2.45) is 0 Å². The van der Waals surface area contributed by atoms with Crippen LogP contribution in [0.2, 0.25) is 0 Å². The Morgan fingerprint density at radius 1 is 1.17 bits per heavy atom. The van der Waals surface area contributed by atoms with Gasteiger partial charge in [-0.15, -0.1) is 0 Å². The maximum Gasteiger partial charge on any atom is 0.492 e. The molecule has 2 heterocycles. The average Bonchev–Trinajstić information content (AvgIpc) is 2.91. The van der Waals surface area contributed by atoms with Gasteiger partial charge >= 0.3 is 12.8 Å². The minimum Gasteiger partial charge on any atom is -0.400 e. The molecule has 7 heteroatoms. The maximum atomic E-state index is 11.3. The molecule has 1 saturated heterocycles. The number of aromatic nitrogens is 2. The molecule has 0 atom stereocenters. The van der Waals surface area contributed by atoms with Gasteiger partial charge in [0.1, 0.15) is 0 Å². The molecule has 0 aliphatic carbocycles. The summed E-state index contributed by atoms with van der Waals surface area (Å²) >= 11 is 0. The van der Waals surface area contributed by atoms with Crippen LogP contribution in [0.1, 0.15) is 33.3 Å². The Balaban J connectivity index is 1.93. The van der Waals surface area contributed by atoms with Crippen LogP contribution in [0.3, 0.4) is 0 Å². The van der Waals surface area contributed by atoms with Crippen LogP contribution < -0.4 is 5.69 Å². The number of hydrogen-bond acceptors (Lipinski definition) is 4. The van der Waals surface area contributed by atoms with Crippen LogP contribution in [0.4, 0.5) is 0 Å². The number of hydrogen-bond donors (Lipinski definition) is 3. The molecule has 0 amide bonds. The first-order valence-electron chi connectivity index (χ1n) is 7.61. The van der Waals surface area contributed by atoms with Crippen LogP contribution in [0.15, 0.2) is 28.5 Å². The van der Waals surface area contributed by atoms with Gasteiger partial charge in [-0.3, -0.25) is 0 Å². The van der Waals surface area contributed by atoms with Crippen molar-refractivity contribution in [2.75, 3.05) is 6.61 Å². The van der Waals surface area contributed by atoms with Crippen LogP contribution >= 0.6 is 0 Å². The minimum atomic E-state index is -0.592. The first kappa shape index (κ1) is 16.0. The van der Waals surface area contributed by atoms with E-state index >= 15 is 0 Å². The third-order valence-corrected chi connectivity index (χ3v) is 4.63. The second-order valence-corrected chi connectivity index (χ2v) is 6.85. The Hall–Kier alpha value is -1.83. The van der Waals surface area contributed by atoms with E-state index in [1.165, 1.54) is 0 Å². The molecule has 0 unspecified atom stereocenters. The number of aliphatic hydroxyl groups excluding tert-OH is 1. The van der Waals surface area contributed by atoms with Gasteiger partial charge in [-0.05, 0) is 50.9 Å². The Morgan fingerprint density at radius 2 is 1.78 bits per heavy atom. The van der Waals surface area contributed by atoms with Crippen LogP contribution in [0, 0.1) is 0 Å². The highest BCUT2D eigenvalue weighted by molar-refractivity contribution is 6.55. The fraction of sp³-hybridized carbons (Fsp3) is 0.438. The number of fused-ring (bicyclic) bond motifs is 1. The summed E-state index contributed by atoms with van der Waals surface area (Å²) < 4.78 is 11.9. The molecular formula is C16H21BN2O4. The lowest BCUT2D eigenvalue weighted by molar-refractivity contribution is 0.00578. The standard InChI is InChI=1S/C16H21BN2O4/c1-15(2)16(3,4)23-17(22-15)11(9-20)7-10-5-6-12-13(8-10)19-14(21)18-12/h5-8,20H,9H2,1-4H3,(H2,18,19,21). The lowest BCUT2D eigenvalue weighted by Gasteiger charge is -2.32. The fourth-order valence-corrected chi connectivity index (χ4v) is 2.54. The highest BCUT2D eigenvalue weighted by atomic mass is 16.7. The van der Waals surface area contributed by atoms with Gasteiger partial charge in [-0.25, -0.2) is 4.79 Å². The van der Waals surface area contributed by atoms with Crippen LogP contribution in [0.5, 0.6) is 0 Å². The predicted octanol–water partition coefficient (Wildman–Crippen LogP) is 1.86. The summed E-state index contributed by atoms with van der Waals surface area (Å²) in [6.07, 6.45) is 1.83. The van der Waals surface area contributed by atoms with E-state index in [0.29, 0.717) is 5.47 Å². The van der Waals surface area contributed by atoms with Gasteiger partial charge in [0.2, 0.25) is 0 Å². The molecule has 1 aliphatic rings. The molecule has 1 fully saturated rings. The van der Waals surface area contributed by atoms with Gasteiger partial charge in [0, 0.05) is 0 Å². The molecular weight excluding hydrogens is 295 g/mol. The zero-order valence-electron chi connectivity index (χ0n) is 13.8. The van der Waals surface area contributed by atoms with Crippen molar-refractivity contribution in [2.45, 2.75) is 38.9 Å². The highest BCUT2D eigenvalue weighted by Crippen LogP contribution is 2.38. The largest absolute Gasteiger partial charge is 0.492 e. The topological polar surface area (TPSA) is 87.3 Å². The molecule has 1 aromatic heterocycles. The SMILES string of the molecule is CC1(C)OB(C(=Cc2ccc3[nH]c(=O)[nH]c3c2)CO)OC1(C)C. The highest BCUT2D eigenvalue weighted by Gasteiger charge is 2.52. The molecule has 122 valence electrons. The fourth-order valence-electron chi connectivity index (χ4n) is 2.54. The van der Waals surface area contributed by atoms with Crippen molar-refractivity contribution in [3.05, 3.63) is 39.7 Å². The van der Waals surface area contributed by atoms with Crippen molar-refractivity contribution in [1.29, 1.82) is 0 Å². The second kappa shape index (κ2) is 5.37. The van der Waals surface area contributed by atoms with Crippen LogP contribution in [-0.2, 0) is 9.31 Å². The van der Waals surface area contributed by atoms with E-state index in [1.54, 1.807) is 0 Å². The quantitative estimate of drug-likeness (QED) is 0.754. The summed E-state index contributed by atoms with van der Waals surface area (Å²) in [6, 6.07) is 5.53. The number of nitrogens with one attached hydrogen (secondary N) is 2. The van der Waals surface area contributed by atoms with Gasteiger partial charge in [0.15, 0.2) is 0 Å². The molecule has 3 rings (SSSR count). The van der Waals surface area contributed by atoms with Crippen molar-refractivity contribution in [3.8, 4) is 0 Å². The molecule has 0 spiro atoms. The van der Waals surface area contributed by atoms with Crippen LogP contribution in [-0.4, -0.2) is 40.0 Å². The van der Waals surface area contributed by atoms with Gasteiger partial charge in [0.25, 0.3) is 0 Å². The maximum absolute atomic E-state index is 11.3. The Bertz CT molecular complexity index is 803. The molecule has 1 aliphatic heterocycles. The van der Waals surface area contributed by atoms with Crippen LogP contribution in [0.25, 0.3) is 17.1 Å². The first-order valence-corrected chi connectivity index (χ1v) is 7.61. The molecule has 23 heavy (non-hydrogen) atoms. The Kier molecular flexibility index (Phi) is 3.75. The van der Waals surface area contributed by atoms with Gasteiger partial charge in [0.05, 0.1) is 28.8 Å². The lowest BCUT2D eigenvalue weighted by atomic mass is 9.77. The van der Waals surface area contributed by atoms with Gasteiger partial charge < -0.3 is 24.4 Å². The van der Waals surface area contributed by atoms with Crippen molar-refractivity contribution >= 4 is 24.2 Å². The molecule has 6 nitrogen and oxygen atoms in total. The average molecular weight is 316 g/mol. The lowest BCUT2D eigenvalue weighted by Crippen LogP contribution is -2.41. The smallest absolute Gasteiger partial charge is 0.400 e. The molecule has 1 aromatic carbocycles. The van der Waals surface area contributed by atoms with Crippen molar-refractivity contribution in [3.63, 3.8) is 0 Å². The summed E-state index contributed by atoms with van der Waals surface area (Å²) in [5.41, 5.74) is 1.80. The second-order valence-electron chi connectivity index (χ2n) is 6.85. The molecule has 0 saturated carbocycles. The molecule has 2 aromatic rings. The monoisotopic (exact) mass is 316 g/mol. The van der Waals surface area contributed by atoms with Crippen molar-refractivity contribution < 1.29 is 14.4 Å². The summed E-state index contributed by atoms with van der Waals surface area (Å²) in [7, 11) is -0.592. The van der Waals surface area contributed by atoms with E-state index in [0.717, 1.165) is 16.6 Å². The number of aliphatic hydroxyl groups is 1. The minimum absolute atomic E-state index is 0.168. The number of aromatic amines is 2. The van der Waals surface area contributed by atoms with E-state index < -0.39 is 18.3 Å². The van der Waals surface area contributed by atoms with Gasteiger partial charge in [-0.2, -0.15) is 0 Å². The summed E-state index contributed by atoms with van der Waals surface area (Å²) in [4.78, 5) is 16.7. The van der Waals surface area contributed by atoms with E-state index in [2.05, 4.69) is 9.97 Å². The molecule has 0 radical (unpaired) electrons. The molecule has 3 N–H and O–H groups in total. The van der Waals surface area contributed by atoms with Crippen molar-refractivity contribution in [1.82, 2.24) is 9.97 Å². The van der Waals surface area contributed by atoms with E-state index in [-0.39, 0.29) is 12.3 Å².